The normalized spacial score (nSPS) is 19.3. The molecule has 2 unspecified atom stereocenters. The van der Waals surface area contributed by atoms with Crippen molar-refractivity contribution in [3.63, 3.8) is 0 Å². The van der Waals surface area contributed by atoms with Gasteiger partial charge in [-0.3, -0.25) is 19.8 Å². The van der Waals surface area contributed by atoms with Crippen LogP contribution in [-0.2, 0) is 19.1 Å². The summed E-state index contributed by atoms with van der Waals surface area (Å²) < 4.78 is 10.1. The second kappa shape index (κ2) is 18.4. The predicted octanol–water partition coefficient (Wildman–Crippen LogP) is 5.76. The Hall–Kier alpha value is -4.11. The van der Waals surface area contributed by atoms with Crippen LogP contribution in [0.25, 0.3) is 23.3 Å². The first-order valence-corrected chi connectivity index (χ1v) is 19.1. The quantitative estimate of drug-likeness (QED) is 0.189. The number of aromatic nitrogens is 2. The van der Waals surface area contributed by atoms with Crippen molar-refractivity contribution in [2.75, 3.05) is 66.6 Å². The van der Waals surface area contributed by atoms with Crippen molar-refractivity contribution in [3.05, 3.63) is 128 Å². The molecule has 4 aliphatic rings. The number of hydrogen-bond acceptors (Lipinski definition) is 11. The lowest BCUT2D eigenvalue weighted by atomic mass is 9.84. The smallest absolute Gasteiger partial charge is 0.376 e. The summed E-state index contributed by atoms with van der Waals surface area (Å²) in [5.41, 5.74) is 8.26. The summed E-state index contributed by atoms with van der Waals surface area (Å²) in [7, 11) is 2.32. The van der Waals surface area contributed by atoms with E-state index in [0.29, 0.717) is 21.2 Å². The van der Waals surface area contributed by atoms with Gasteiger partial charge in [0.05, 0.1) is 48.8 Å². The third-order valence-electron chi connectivity index (χ3n) is 10.6. The molecule has 4 heterocycles. The molecule has 0 bridgehead atoms. The van der Waals surface area contributed by atoms with Crippen LogP contribution < -0.4 is 5.32 Å². The number of pyridine rings is 2. The van der Waals surface area contributed by atoms with Crippen LogP contribution in [0.1, 0.15) is 56.9 Å². The molecular weight excluding hydrogens is 774 g/mol. The molecule has 15 heteroatoms. The van der Waals surface area contributed by atoms with Crippen LogP contribution in [0.5, 0.6) is 0 Å². The maximum Gasteiger partial charge on any atom is 0.376 e. The highest BCUT2D eigenvalue weighted by molar-refractivity contribution is 6.45. The molecule has 4 aromatic rings. The molecule has 2 aromatic heterocycles. The topological polar surface area (TPSA) is 120 Å². The van der Waals surface area contributed by atoms with E-state index in [0.717, 1.165) is 97.1 Å². The summed E-state index contributed by atoms with van der Waals surface area (Å²) in [6.07, 6.45) is 7.30. The molecule has 2 aliphatic carbocycles. The highest BCUT2D eigenvalue weighted by Crippen LogP contribution is 2.42. The molecule has 2 N–H and O–H groups in total. The first-order valence-electron chi connectivity index (χ1n) is 18.4. The Morgan fingerprint density at radius 3 is 1.61 bits per heavy atom. The van der Waals surface area contributed by atoms with Gasteiger partial charge in [-0.25, -0.2) is 9.59 Å². The minimum Gasteiger partial charge on any atom is -0.465 e. The minimum atomic E-state index is -0.463. The second-order valence-electron chi connectivity index (χ2n) is 13.8. The number of methoxy groups -OCH3 is 2. The summed E-state index contributed by atoms with van der Waals surface area (Å²) in [6, 6.07) is 19.0. The van der Waals surface area contributed by atoms with Gasteiger partial charge in [-0.2, -0.15) is 0 Å². The number of ether oxygens (including phenoxy) is 2. The third-order valence-corrected chi connectivity index (χ3v) is 11.1. The lowest BCUT2D eigenvalue weighted by Crippen LogP contribution is -2.52. The average molecular weight is 818 g/mol. The van der Waals surface area contributed by atoms with Crippen molar-refractivity contribution in [1.82, 2.24) is 29.9 Å². The number of hydrogen-bond donors (Lipinski definition) is 2. The Bertz CT molecular complexity index is 2140. The van der Waals surface area contributed by atoms with E-state index in [1.165, 1.54) is 14.2 Å². The summed E-state index contributed by atoms with van der Waals surface area (Å²) >= 11 is 12.6. The molecule has 56 heavy (non-hydrogen) atoms. The molecule has 0 radical (unpaired) electrons. The molecule has 2 atom stereocenters. The van der Waals surface area contributed by atoms with Crippen LogP contribution in [0, 0.1) is 0 Å². The van der Waals surface area contributed by atoms with Gasteiger partial charge in [0.25, 0.3) is 0 Å². The Labute approximate surface area is 343 Å². The molecule has 11 nitrogen and oxygen atoms in total. The average Bonchev–Trinajstić information content (AvgIpc) is 3.45. The van der Waals surface area contributed by atoms with Gasteiger partial charge >= 0.3 is 19.0 Å². The van der Waals surface area contributed by atoms with E-state index in [1.54, 1.807) is 19.2 Å². The zero-order valence-corrected chi connectivity index (χ0v) is 33.8. The first-order chi connectivity index (χ1) is 26.7. The maximum absolute atomic E-state index is 12.6. The molecule has 2 fully saturated rings. The number of nitrogens with zero attached hydrogens (tertiary/aromatic N) is 5. The predicted molar refractivity (Wildman–Crippen MR) is 224 cm³/mol. The van der Waals surface area contributed by atoms with E-state index in [2.05, 4.69) is 20.1 Å². The van der Waals surface area contributed by atoms with Crippen LogP contribution in [0.15, 0.2) is 73.1 Å². The van der Waals surface area contributed by atoms with E-state index in [1.807, 2.05) is 77.6 Å². The molecule has 2 aromatic carbocycles. The zero-order chi connectivity index (χ0) is 38.6. The number of esters is 2. The van der Waals surface area contributed by atoms with E-state index in [9.17, 15) is 14.6 Å². The van der Waals surface area contributed by atoms with E-state index < -0.39 is 13.0 Å². The Morgan fingerprint density at radius 2 is 1.18 bits per heavy atom. The van der Waals surface area contributed by atoms with Crippen molar-refractivity contribution >= 4 is 77.9 Å². The Kier molecular flexibility index (Phi) is 13.7. The van der Waals surface area contributed by atoms with Gasteiger partial charge in [-0.05, 0) is 88.8 Å². The SMILES string of the molecule is COC(=O)C1=Cc2cccnc2C(N2CCN(B(C)O)CC2)c2ccc(Cl)cc21.COC(=O)C1=Cc2cccnc2C(N2CCNCC2)c2ccc(Cl)cc21.Cl. The lowest BCUT2D eigenvalue weighted by molar-refractivity contribution is -0.134. The first kappa shape index (κ1) is 41.5. The molecule has 2 aliphatic heterocycles. The number of nitrogens with one attached hydrogen (secondary N) is 1. The van der Waals surface area contributed by atoms with Gasteiger partial charge in [0.2, 0.25) is 0 Å². The van der Waals surface area contributed by atoms with Gasteiger partial charge in [-0.1, -0.05) is 47.5 Å². The second-order valence-corrected chi connectivity index (χ2v) is 14.7. The van der Waals surface area contributed by atoms with Crippen LogP contribution >= 0.6 is 35.6 Å². The number of halogens is 3. The van der Waals surface area contributed by atoms with Crippen LogP contribution in [0.2, 0.25) is 16.9 Å². The molecule has 0 amide bonds. The van der Waals surface area contributed by atoms with Crippen LogP contribution in [0.4, 0.5) is 0 Å². The van der Waals surface area contributed by atoms with Gasteiger partial charge in [-0.15, -0.1) is 12.4 Å². The highest BCUT2D eigenvalue weighted by atomic mass is 35.5. The van der Waals surface area contributed by atoms with Crippen molar-refractivity contribution in [3.8, 4) is 0 Å². The summed E-state index contributed by atoms with van der Waals surface area (Å²) in [6.45, 7) is 8.56. The van der Waals surface area contributed by atoms with E-state index >= 15 is 0 Å². The molecule has 8 rings (SSSR count). The van der Waals surface area contributed by atoms with Crippen molar-refractivity contribution in [2.45, 2.75) is 18.9 Å². The zero-order valence-electron chi connectivity index (χ0n) is 31.5. The monoisotopic (exact) mass is 816 g/mol. The van der Waals surface area contributed by atoms with Crippen molar-refractivity contribution in [1.29, 1.82) is 0 Å². The van der Waals surface area contributed by atoms with Gasteiger partial charge in [0, 0.05) is 74.8 Å². The highest BCUT2D eigenvalue weighted by Gasteiger charge is 2.36. The number of carbonyl (C=O) groups is 2. The van der Waals surface area contributed by atoms with Crippen LogP contribution in [0.3, 0.4) is 0 Å². The summed E-state index contributed by atoms with van der Waals surface area (Å²) in [4.78, 5) is 41.3. The molecule has 0 saturated carbocycles. The van der Waals surface area contributed by atoms with Crippen molar-refractivity contribution < 1.29 is 24.1 Å². The molecule has 2 saturated heterocycles. The minimum absolute atomic E-state index is 0. The number of carbonyl (C=O) groups excluding carboxylic acids is 2. The lowest BCUT2D eigenvalue weighted by Gasteiger charge is -2.40. The fraction of sp³-hybridized carbons (Fsp3) is 0.317. The number of piperazine rings is 2. The fourth-order valence-electron chi connectivity index (χ4n) is 7.93. The Balaban J connectivity index is 0.000000188. The molecule has 0 spiro atoms. The fourth-order valence-corrected chi connectivity index (χ4v) is 8.27. The summed E-state index contributed by atoms with van der Waals surface area (Å²) in [5.74, 6) is -0.771. The largest absolute Gasteiger partial charge is 0.465 e. The van der Waals surface area contributed by atoms with Crippen molar-refractivity contribution in [2.24, 2.45) is 0 Å². The van der Waals surface area contributed by atoms with Gasteiger partial charge in [0.15, 0.2) is 0 Å². The third kappa shape index (κ3) is 8.58. The molecular formula is C41H44BCl3N6O5. The molecule has 292 valence electrons. The summed E-state index contributed by atoms with van der Waals surface area (Å²) in [5, 5.41) is 14.5. The van der Waals surface area contributed by atoms with E-state index in [4.69, 9.17) is 37.7 Å². The maximum atomic E-state index is 12.6. The number of rotatable bonds is 5. The number of benzene rings is 2. The Morgan fingerprint density at radius 1 is 0.732 bits per heavy atom. The van der Waals surface area contributed by atoms with Crippen LogP contribution in [-0.4, -0.2) is 115 Å². The van der Waals surface area contributed by atoms with E-state index in [-0.39, 0.29) is 30.5 Å². The van der Waals surface area contributed by atoms with Gasteiger partial charge in [0.1, 0.15) is 0 Å². The number of fused-ring (bicyclic) bond motifs is 4. The standard InChI is InChI=1S/C21H23BClN3O3.C20H20ClN3O2.ClH/c1-22(28)26-10-8-25(9-11-26)20-16-6-5-15(23)13-17(16)18(21(27)29-2)12-14-4-3-7-24-19(14)20;1-26-20(25)17-11-13-3-2-6-23-18(13)19(24-9-7-22-8-10-24)15-5-4-14(21)12-16(15)17;/h3-7,12-13,20,28H,8-11H2,1-2H3;2-6,11-12,19,22H,7-10H2,1H3;1H. The van der Waals surface area contributed by atoms with Gasteiger partial charge < -0.3 is 24.6 Å².